The number of nitrogens with zero attached hydrogens (tertiary/aromatic N) is 2. The third-order valence-corrected chi connectivity index (χ3v) is 5.88. The van der Waals surface area contributed by atoms with Crippen molar-refractivity contribution in [2.75, 3.05) is 39.4 Å². The van der Waals surface area contributed by atoms with Crippen LogP contribution in [0.3, 0.4) is 0 Å². The zero-order valence-electron chi connectivity index (χ0n) is 15.6. The first-order chi connectivity index (χ1) is 12.9. The van der Waals surface area contributed by atoms with E-state index in [0.717, 1.165) is 32.7 Å². The molecule has 0 aliphatic carbocycles. The van der Waals surface area contributed by atoms with E-state index >= 15 is 0 Å². The van der Waals surface area contributed by atoms with Gasteiger partial charge in [-0.15, -0.1) is 0 Å². The van der Waals surface area contributed by atoms with Crippen molar-refractivity contribution in [3.8, 4) is 0 Å². The minimum absolute atomic E-state index is 0.450. The molecule has 2 heterocycles. The molecule has 0 aromatic heterocycles. The Hall–Kier alpha value is -1.68. The minimum atomic E-state index is 0.450. The number of benzene rings is 2. The highest BCUT2D eigenvalue weighted by Crippen LogP contribution is 2.36. The topological polar surface area (TPSA) is 15.7 Å². The summed E-state index contributed by atoms with van der Waals surface area (Å²) in [4.78, 5) is 5.33. The van der Waals surface area contributed by atoms with Crippen molar-refractivity contribution < 1.29 is 4.74 Å². The molecule has 2 unspecified atom stereocenters. The van der Waals surface area contributed by atoms with Crippen LogP contribution in [-0.4, -0.2) is 49.2 Å². The molecule has 0 radical (unpaired) electrons. The maximum atomic E-state index is 5.62. The van der Waals surface area contributed by atoms with E-state index in [2.05, 4.69) is 70.5 Å². The van der Waals surface area contributed by atoms with Gasteiger partial charge < -0.3 is 4.74 Å². The zero-order valence-corrected chi connectivity index (χ0v) is 15.6. The van der Waals surface area contributed by atoms with Gasteiger partial charge in [-0.25, -0.2) is 0 Å². The molecule has 0 spiro atoms. The highest BCUT2D eigenvalue weighted by atomic mass is 16.5. The van der Waals surface area contributed by atoms with Gasteiger partial charge in [0.15, 0.2) is 0 Å². The third-order valence-electron chi connectivity index (χ3n) is 5.88. The Morgan fingerprint density at radius 1 is 0.654 bits per heavy atom. The van der Waals surface area contributed by atoms with E-state index in [0.29, 0.717) is 12.1 Å². The normalized spacial score (nSPS) is 21.5. The van der Waals surface area contributed by atoms with Crippen LogP contribution in [-0.2, 0) is 4.74 Å². The quantitative estimate of drug-likeness (QED) is 0.773. The van der Waals surface area contributed by atoms with Gasteiger partial charge in [0.05, 0.1) is 13.2 Å². The predicted molar refractivity (Wildman–Crippen MR) is 106 cm³/mol. The molecular formula is C23H30N2O. The Morgan fingerprint density at radius 3 is 1.62 bits per heavy atom. The van der Waals surface area contributed by atoms with Crippen LogP contribution >= 0.6 is 0 Å². The lowest BCUT2D eigenvalue weighted by molar-refractivity contribution is 0.00783. The lowest BCUT2D eigenvalue weighted by atomic mass is 9.92. The van der Waals surface area contributed by atoms with Crippen molar-refractivity contribution in [2.24, 2.45) is 0 Å². The standard InChI is InChI=1S/C23H30N2O/c1-3-9-20(10-4-1)22(24-13-7-8-14-24)19-23(21-11-5-2-6-12-21)25-15-17-26-18-16-25/h1-6,9-12,22-23H,7-8,13-19H2. The Morgan fingerprint density at radius 2 is 1.12 bits per heavy atom. The fourth-order valence-corrected chi connectivity index (χ4v) is 4.50. The van der Waals surface area contributed by atoms with E-state index in [1.807, 2.05) is 0 Å². The van der Waals surface area contributed by atoms with Gasteiger partial charge in [-0.05, 0) is 43.5 Å². The second kappa shape index (κ2) is 8.81. The number of morpholine rings is 1. The lowest BCUT2D eigenvalue weighted by Gasteiger charge is -2.39. The van der Waals surface area contributed by atoms with E-state index in [1.54, 1.807) is 0 Å². The van der Waals surface area contributed by atoms with Crippen LogP contribution in [0.5, 0.6) is 0 Å². The van der Waals surface area contributed by atoms with Crippen molar-refractivity contribution in [2.45, 2.75) is 31.3 Å². The molecule has 4 rings (SSSR count). The first kappa shape index (κ1) is 17.7. The predicted octanol–water partition coefficient (Wildman–Crippen LogP) is 4.29. The van der Waals surface area contributed by atoms with Crippen LogP contribution < -0.4 is 0 Å². The first-order valence-corrected chi connectivity index (χ1v) is 10.1. The Balaban J connectivity index is 1.62. The van der Waals surface area contributed by atoms with E-state index in [4.69, 9.17) is 4.74 Å². The molecule has 2 aliphatic heterocycles. The average molecular weight is 351 g/mol. The summed E-state index contributed by atoms with van der Waals surface area (Å²) >= 11 is 0. The summed E-state index contributed by atoms with van der Waals surface area (Å²) in [5.74, 6) is 0. The van der Waals surface area contributed by atoms with Gasteiger partial charge in [-0.1, -0.05) is 60.7 Å². The average Bonchev–Trinajstić information content (AvgIpc) is 3.25. The molecule has 2 fully saturated rings. The van der Waals surface area contributed by atoms with Crippen LogP contribution in [0.1, 0.15) is 42.5 Å². The molecule has 0 bridgehead atoms. The summed E-state index contributed by atoms with van der Waals surface area (Å²) in [6.07, 6.45) is 3.81. The highest BCUT2D eigenvalue weighted by Gasteiger charge is 2.30. The highest BCUT2D eigenvalue weighted by molar-refractivity contribution is 5.23. The Labute approximate surface area is 157 Å². The molecule has 138 valence electrons. The summed E-state index contributed by atoms with van der Waals surface area (Å²) in [7, 11) is 0. The van der Waals surface area contributed by atoms with Crippen LogP contribution in [0.4, 0.5) is 0 Å². The van der Waals surface area contributed by atoms with Crippen molar-refractivity contribution in [3.63, 3.8) is 0 Å². The smallest absolute Gasteiger partial charge is 0.0594 e. The molecule has 3 nitrogen and oxygen atoms in total. The van der Waals surface area contributed by atoms with Gasteiger partial charge in [0.2, 0.25) is 0 Å². The minimum Gasteiger partial charge on any atom is -0.379 e. The fraction of sp³-hybridized carbons (Fsp3) is 0.478. The van der Waals surface area contributed by atoms with Gasteiger partial charge >= 0.3 is 0 Å². The second-order valence-electron chi connectivity index (χ2n) is 7.48. The first-order valence-electron chi connectivity index (χ1n) is 10.1. The van der Waals surface area contributed by atoms with Gasteiger partial charge in [0.25, 0.3) is 0 Å². The number of hydrogen-bond donors (Lipinski definition) is 0. The van der Waals surface area contributed by atoms with Gasteiger partial charge in [-0.3, -0.25) is 9.80 Å². The lowest BCUT2D eigenvalue weighted by Crippen LogP contribution is -2.41. The second-order valence-corrected chi connectivity index (χ2v) is 7.48. The van der Waals surface area contributed by atoms with Gasteiger partial charge in [-0.2, -0.15) is 0 Å². The maximum Gasteiger partial charge on any atom is 0.0594 e. The van der Waals surface area contributed by atoms with Crippen molar-refractivity contribution >= 4 is 0 Å². The molecule has 2 saturated heterocycles. The van der Waals surface area contributed by atoms with Crippen molar-refractivity contribution in [1.29, 1.82) is 0 Å². The molecule has 0 amide bonds. The van der Waals surface area contributed by atoms with E-state index in [9.17, 15) is 0 Å². The summed E-state index contributed by atoms with van der Waals surface area (Å²) in [5, 5.41) is 0. The Bertz CT molecular complexity index is 648. The van der Waals surface area contributed by atoms with Crippen molar-refractivity contribution in [1.82, 2.24) is 9.80 Å². The van der Waals surface area contributed by atoms with Crippen LogP contribution in [0.25, 0.3) is 0 Å². The SMILES string of the molecule is c1ccc(C(CC(c2ccccc2)N2CCOCC2)N2CCCC2)cc1. The van der Waals surface area contributed by atoms with Crippen LogP contribution in [0.15, 0.2) is 60.7 Å². The molecule has 2 aliphatic rings. The summed E-state index contributed by atoms with van der Waals surface area (Å²) in [6.45, 7) is 6.21. The number of likely N-dealkylation sites (tertiary alicyclic amines) is 1. The molecule has 0 N–H and O–H groups in total. The molecule has 2 aromatic carbocycles. The van der Waals surface area contributed by atoms with Gasteiger partial charge in [0, 0.05) is 25.2 Å². The Kier molecular flexibility index (Phi) is 6.00. The van der Waals surface area contributed by atoms with E-state index in [-0.39, 0.29) is 0 Å². The molecule has 0 saturated carbocycles. The molecule has 2 atom stereocenters. The van der Waals surface area contributed by atoms with Crippen LogP contribution in [0, 0.1) is 0 Å². The number of ether oxygens (including phenoxy) is 1. The van der Waals surface area contributed by atoms with Crippen molar-refractivity contribution in [3.05, 3.63) is 71.8 Å². The summed E-state index contributed by atoms with van der Waals surface area (Å²) in [6, 6.07) is 23.1. The molecule has 2 aromatic rings. The van der Waals surface area contributed by atoms with E-state index < -0.39 is 0 Å². The summed E-state index contributed by atoms with van der Waals surface area (Å²) in [5.41, 5.74) is 2.90. The largest absolute Gasteiger partial charge is 0.379 e. The molecular weight excluding hydrogens is 320 g/mol. The molecule has 26 heavy (non-hydrogen) atoms. The maximum absolute atomic E-state index is 5.62. The molecule has 3 heteroatoms. The van der Waals surface area contributed by atoms with Crippen LogP contribution in [0.2, 0.25) is 0 Å². The van der Waals surface area contributed by atoms with Gasteiger partial charge in [0.1, 0.15) is 0 Å². The zero-order chi connectivity index (χ0) is 17.6. The third kappa shape index (κ3) is 4.17. The fourth-order valence-electron chi connectivity index (χ4n) is 4.50. The van der Waals surface area contributed by atoms with E-state index in [1.165, 1.54) is 37.1 Å². The summed E-state index contributed by atoms with van der Waals surface area (Å²) < 4.78 is 5.62. The monoisotopic (exact) mass is 350 g/mol. The number of hydrogen-bond acceptors (Lipinski definition) is 3. The number of rotatable bonds is 6.